The van der Waals surface area contributed by atoms with E-state index in [4.69, 9.17) is 13.3 Å². The molecule has 1 radical (unpaired) electrons. The van der Waals surface area contributed by atoms with Gasteiger partial charge in [0.1, 0.15) is 0 Å². The second-order valence-electron chi connectivity index (χ2n) is 8.45. The fraction of sp³-hybridized carbons (Fsp3) is 1.00. The molecular weight excluding hydrogens is 368 g/mol. The van der Waals surface area contributed by atoms with E-state index in [1.54, 1.807) is 0 Å². The number of rotatable bonds is 16. The first-order chi connectivity index (χ1) is 12.7. The summed E-state index contributed by atoms with van der Waals surface area (Å²) in [6.07, 6.45) is 5.46. The van der Waals surface area contributed by atoms with Crippen molar-refractivity contribution in [2.75, 3.05) is 19.8 Å². The zero-order chi connectivity index (χ0) is 21.0. The highest BCUT2D eigenvalue weighted by atomic mass is 28.4. The number of unbranched alkanes of at least 4 members (excludes halogenated alkanes) is 2. The Kier molecular flexibility index (Phi) is 14.5. The van der Waals surface area contributed by atoms with Crippen LogP contribution in [-0.4, -0.2) is 37.4 Å². The Labute approximate surface area is 173 Å². The van der Waals surface area contributed by atoms with Gasteiger partial charge in [0.05, 0.1) is 0 Å². The van der Waals surface area contributed by atoms with Gasteiger partial charge >= 0.3 is 8.80 Å². The van der Waals surface area contributed by atoms with Gasteiger partial charge in [0.2, 0.25) is 0 Å². The van der Waals surface area contributed by atoms with Crippen LogP contribution in [0, 0.1) is 17.8 Å². The van der Waals surface area contributed by atoms with E-state index in [-0.39, 0.29) is 8.80 Å². The maximum absolute atomic E-state index is 6.21. The molecule has 0 saturated heterocycles. The summed E-state index contributed by atoms with van der Waals surface area (Å²) >= 11 is 0. The molecule has 5 unspecified atom stereocenters. The molecule has 0 aliphatic carbocycles. The maximum atomic E-state index is 6.21. The van der Waals surface area contributed by atoms with E-state index in [2.05, 4.69) is 68.5 Å². The molecule has 0 aromatic rings. The molecule has 0 spiro atoms. The average molecular weight is 418 g/mol. The molecule has 0 N–H and O–H groups in total. The fourth-order valence-corrected chi connectivity index (χ4v) is 9.77. The first-order valence-corrected chi connectivity index (χ1v) is 15.8. The molecule has 0 heterocycles. The first kappa shape index (κ1) is 27.3. The lowest BCUT2D eigenvalue weighted by Crippen LogP contribution is -2.52. The van der Waals surface area contributed by atoms with Gasteiger partial charge in [-0.05, 0) is 44.1 Å². The summed E-state index contributed by atoms with van der Waals surface area (Å²) in [5.74, 6) is 1.89. The first-order valence-electron chi connectivity index (χ1n) is 11.4. The molecule has 163 valence electrons. The van der Waals surface area contributed by atoms with Crippen molar-refractivity contribution in [2.45, 2.75) is 105 Å². The van der Waals surface area contributed by atoms with E-state index in [0.29, 0.717) is 37.2 Å². The van der Waals surface area contributed by atoms with Crippen LogP contribution in [0.3, 0.4) is 0 Å². The van der Waals surface area contributed by atoms with Crippen molar-refractivity contribution < 1.29 is 13.3 Å². The molecule has 27 heavy (non-hydrogen) atoms. The summed E-state index contributed by atoms with van der Waals surface area (Å²) in [5, 5.41) is 0. The Balaban J connectivity index is 5.34. The average Bonchev–Trinajstić information content (AvgIpc) is 2.63. The molecule has 0 aliphatic heterocycles. The van der Waals surface area contributed by atoms with E-state index < -0.39 is 8.80 Å². The minimum absolute atomic E-state index is 0.303. The van der Waals surface area contributed by atoms with Crippen molar-refractivity contribution in [1.82, 2.24) is 0 Å². The highest BCUT2D eigenvalue weighted by Crippen LogP contribution is 2.43. The zero-order valence-electron chi connectivity index (χ0n) is 20.1. The summed E-state index contributed by atoms with van der Waals surface area (Å²) in [6, 6.07) is 0. The van der Waals surface area contributed by atoms with Crippen LogP contribution in [-0.2, 0) is 13.3 Å². The molecular formula is C22H49O3Si2. The number of hydrogen-bond acceptors (Lipinski definition) is 3. The summed E-state index contributed by atoms with van der Waals surface area (Å²) in [7, 11) is -2.96. The summed E-state index contributed by atoms with van der Waals surface area (Å²) < 4.78 is 18.6. The molecule has 5 heteroatoms. The zero-order valence-corrected chi connectivity index (χ0v) is 22.1. The van der Waals surface area contributed by atoms with E-state index in [9.17, 15) is 0 Å². The third kappa shape index (κ3) is 8.29. The van der Waals surface area contributed by atoms with Gasteiger partial charge < -0.3 is 13.3 Å². The summed E-state index contributed by atoms with van der Waals surface area (Å²) in [6.45, 7) is 25.1. The van der Waals surface area contributed by atoms with Crippen molar-refractivity contribution in [3.8, 4) is 0 Å². The standard InChI is InChI=1S/C22H49O3Si2/c1-11-15-16-17-22(26(9)10)20(7)18(5)19(6)21(8)27(23-12-2,24-13-3)25-14-4/h18-22H,11-17H2,1-10H3. The molecule has 0 amide bonds. The molecule has 0 aromatic heterocycles. The lowest BCUT2D eigenvalue weighted by Gasteiger charge is -2.41. The largest absolute Gasteiger partial charge is 0.504 e. The van der Waals surface area contributed by atoms with Crippen molar-refractivity contribution in [2.24, 2.45) is 17.8 Å². The van der Waals surface area contributed by atoms with Gasteiger partial charge in [0.15, 0.2) is 0 Å². The van der Waals surface area contributed by atoms with E-state index in [0.717, 1.165) is 11.5 Å². The highest BCUT2D eigenvalue weighted by Gasteiger charge is 2.50. The van der Waals surface area contributed by atoms with Crippen molar-refractivity contribution in [3.05, 3.63) is 0 Å². The van der Waals surface area contributed by atoms with Crippen LogP contribution in [0.15, 0.2) is 0 Å². The van der Waals surface area contributed by atoms with Gasteiger partial charge in [-0.3, -0.25) is 0 Å². The molecule has 0 bridgehead atoms. The van der Waals surface area contributed by atoms with Crippen molar-refractivity contribution in [3.63, 3.8) is 0 Å². The van der Waals surface area contributed by atoms with Crippen LogP contribution >= 0.6 is 0 Å². The van der Waals surface area contributed by atoms with Gasteiger partial charge in [-0.1, -0.05) is 73.4 Å². The molecule has 0 rings (SSSR count). The van der Waals surface area contributed by atoms with Crippen LogP contribution in [0.4, 0.5) is 0 Å². The second-order valence-corrected chi connectivity index (χ2v) is 14.3. The van der Waals surface area contributed by atoms with Crippen LogP contribution in [0.1, 0.15) is 81.1 Å². The molecule has 3 nitrogen and oxygen atoms in total. The third-order valence-electron chi connectivity index (χ3n) is 6.54. The smallest absolute Gasteiger partial charge is 0.374 e. The summed E-state index contributed by atoms with van der Waals surface area (Å²) in [5.41, 5.74) is 1.20. The van der Waals surface area contributed by atoms with Gasteiger partial charge in [-0.2, -0.15) is 0 Å². The van der Waals surface area contributed by atoms with Crippen molar-refractivity contribution >= 4 is 17.6 Å². The topological polar surface area (TPSA) is 27.7 Å². The van der Waals surface area contributed by atoms with E-state index in [1.165, 1.54) is 25.7 Å². The van der Waals surface area contributed by atoms with Crippen molar-refractivity contribution in [1.29, 1.82) is 0 Å². The van der Waals surface area contributed by atoms with Crippen LogP contribution in [0.25, 0.3) is 0 Å². The molecule has 0 aliphatic rings. The lowest BCUT2D eigenvalue weighted by atomic mass is 9.80. The van der Waals surface area contributed by atoms with Gasteiger partial charge in [-0.25, -0.2) is 0 Å². The Bertz CT molecular complexity index is 348. The van der Waals surface area contributed by atoms with Gasteiger partial charge in [0, 0.05) is 34.2 Å². The normalized spacial score (nSPS) is 18.3. The Morgan fingerprint density at radius 2 is 1.19 bits per heavy atom. The summed E-state index contributed by atoms with van der Waals surface area (Å²) in [4.78, 5) is 0. The van der Waals surface area contributed by atoms with Crippen LogP contribution in [0.5, 0.6) is 0 Å². The monoisotopic (exact) mass is 417 g/mol. The molecule has 0 saturated carbocycles. The fourth-order valence-electron chi connectivity index (χ4n) is 4.44. The highest BCUT2D eigenvalue weighted by molar-refractivity contribution is 6.62. The Morgan fingerprint density at radius 3 is 1.56 bits per heavy atom. The molecule has 0 fully saturated rings. The van der Waals surface area contributed by atoms with Gasteiger partial charge in [-0.15, -0.1) is 0 Å². The number of hydrogen-bond donors (Lipinski definition) is 0. The second kappa shape index (κ2) is 14.3. The molecule has 5 atom stereocenters. The Morgan fingerprint density at radius 1 is 0.704 bits per heavy atom. The minimum atomic E-state index is -2.66. The van der Waals surface area contributed by atoms with E-state index in [1.807, 2.05) is 0 Å². The maximum Gasteiger partial charge on any atom is 0.504 e. The predicted molar refractivity (Wildman–Crippen MR) is 123 cm³/mol. The SMILES string of the molecule is CCCCCC(C(C)C(C)C(C)C(C)[Si](OCC)(OCC)OCC)[Si](C)C. The lowest BCUT2D eigenvalue weighted by molar-refractivity contribution is 0.0503. The van der Waals surface area contributed by atoms with Crippen LogP contribution in [0.2, 0.25) is 24.2 Å². The quantitative estimate of drug-likeness (QED) is 0.199. The minimum Gasteiger partial charge on any atom is -0.374 e. The predicted octanol–water partition coefficient (Wildman–Crippen LogP) is 7.04. The van der Waals surface area contributed by atoms with Crippen LogP contribution < -0.4 is 0 Å². The Hall–Kier alpha value is 0.314. The van der Waals surface area contributed by atoms with E-state index >= 15 is 0 Å². The molecule has 0 aromatic carbocycles. The third-order valence-corrected chi connectivity index (χ3v) is 12.5. The van der Waals surface area contributed by atoms with Gasteiger partial charge in [0.25, 0.3) is 0 Å².